The maximum atomic E-state index is 13.4. The second kappa shape index (κ2) is 6.12. The first-order chi connectivity index (χ1) is 13.5. The molecule has 6 heteroatoms. The molecule has 0 aliphatic rings. The third kappa shape index (κ3) is 2.40. The highest BCUT2D eigenvalue weighted by Gasteiger charge is 2.18. The van der Waals surface area contributed by atoms with Crippen molar-refractivity contribution in [1.82, 2.24) is 14.4 Å². The number of benzene rings is 2. The third-order valence-corrected chi connectivity index (χ3v) is 6.52. The van der Waals surface area contributed by atoms with E-state index in [4.69, 9.17) is 16.6 Å². The van der Waals surface area contributed by atoms with Crippen molar-refractivity contribution in [1.29, 1.82) is 0 Å². The van der Waals surface area contributed by atoms with Crippen molar-refractivity contribution in [2.45, 2.75) is 20.8 Å². The molecule has 0 spiro atoms. The number of aryl methyl sites for hydroxylation is 3. The molecule has 28 heavy (non-hydrogen) atoms. The van der Waals surface area contributed by atoms with E-state index in [1.165, 1.54) is 16.9 Å². The highest BCUT2D eigenvalue weighted by molar-refractivity contribution is 7.17. The molecular weight excluding hydrogens is 390 g/mol. The second-order valence-electron chi connectivity index (χ2n) is 7.00. The average molecular weight is 406 g/mol. The van der Waals surface area contributed by atoms with E-state index in [0.29, 0.717) is 20.9 Å². The first kappa shape index (κ1) is 17.3. The van der Waals surface area contributed by atoms with Crippen molar-refractivity contribution in [2.24, 2.45) is 0 Å². The van der Waals surface area contributed by atoms with Gasteiger partial charge in [-0.3, -0.25) is 14.2 Å². The average Bonchev–Trinajstić information content (AvgIpc) is 3.01. The molecular formula is C22H16ClN3OS. The Bertz CT molecular complexity index is 1470. The van der Waals surface area contributed by atoms with Crippen molar-refractivity contribution >= 4 is 49.7 Å². The molecule has 0 aliphatic carbocycles. The molecule has 0 aliphatic heterocycles. The largest absolute Gasteiger partial charge is 0.268 e. The number of hydrogen-bond donors (Lipinski definition) is 0. The summed E-state index contributed by atoms with van der Waals surface area (Å²) in [6.07, 6.45) is 1.62. The first-order valence-corrected chi connectivity index (χ1v) is 10.1. The summed E-state index contributed by atoms with van der Waals surface area (Å²) in [4.78, 5) is 24.5. The lowest BCUT2D eigenvalue weighted by molar-refractivity contribution is 1.11. The molecule has 5 aromatic rings. The van der Waals surface area contributed by atoms with Crippen LogP contribution in [-0.4, -0.2) is 14.4 Å². The van der Waals surface area contributed by atoms with Gasteiger partial charge in [-0.2, -0.15) is 0 Å². The summed E-state index contributed by atoms with van der Waals surface area (Å²) in [6, 6.07) is 11.9. The van der Waals surface area contributed by atoms with E-state index in [1.54, 1.807) is 10.6 Å². The standard InChI is InChI=1S/C22H16ClN3OS/c1-11-4-6-14(7-5-11)20-13(3)28-22-25-19-15-8-9-17(23)12(2)18(15)24-10-16(19)21(27)26(20)22/h4-10H,1-3H3. The van der Waals surface area contributed by atoms with Crippen LogP contribution >= 0.6 is 22.9 Å². The van der Waals surface area contributed by atoms with Crippen molar-refractivity contribution < 1.29 is 0 Å². The molecule has 0 saturated heterocycles. The van der Waals surface area contributed by atoms with Crippen LogP contribution in [0.2, 0.25) is 5.02 Å². The van der Waals surface area contributed by atoms with Crippen LogP contribution in [0.1, 0.15) is 16.0 Å². The summed E-state index contributed by atoms with van der Waals surface area (Å²) in [5.41, 5.74) is 5.34. The molecule has 0 N–H and O–H groups in total. The van der Waals surface area contributed by atoms with E-state index in [1.807, 2.05) is 38.1 Å². The third-order valence-electron chi connectivity index (χ3n) is 5.16. The zero-order valence-electron chi connectivity index (χ0n) is 15.6. The van der Waals surface area contributed by atoms with E-state index in [2.05, 4.69) is 24.0 Å². The van der Waals surface area contributed by atoms with Crippen LogP contribution in [-0.2, 0) is 0 Å². The van der Waals surface area contributed by atoms with Crippen LogP contribution in [0, 0.1) is 20.8 Å². The molecule has 0 amide bonds. The summed E-state index contributed by atoms with van der Waals surface area (Å²) in [6.45, 7) is 6.01. The summed E-state index contributed by atoms with van der Waals surface area (Å²) in [5, 5.41) is 2.02. The fourth-order valence-corrected chi connectivity index (χ4v) is 4.78. The maximum Gasteiger partial charge on any atom is 0.268 e. The van der Waals surface area contributed by atoms with Gasteiger partial charge in [0, 0.05) is 21.5 Å². The van der Waals surface area contributed by atoms with Crippen LogP contribution < -0.4 is 5.56 Å². The molecule has 138 valence electrons. The van der Waals surface area contributed by atoms with Gasteiger partial charge in [0.25, 0.3) is 5.56 Å². The lowest BCUT2D eigenvalue weighted by Gasteiger charge is -2.08. The predicted octanol–water partition coefficient (Wildman–Crippen LogP) is 5.70. The molecule has 0 radical (unpaired) electrons. The molecule has 5 rings (SSSR count). The van der Waals surface area contributed by atoms with Crippen molar-refractivity contribution in [2.75, 3.05) is 0 Å². The van der Waals surface area contributed by atoms with Gasteiger partial charge >= 0.3 is 0 Å². The molecule has 0 fully saturated rings. The van der Waals surface area contributed by atoms with E-state index >= 15 is 0 Å². The Balaban J connectivity index is 1.92. The topological polar surface area (TPSA) is 47.3 Å². The minimum atomic E-state index is -0.0954. The Kier molecular flexibility index (Phi) is 3.79. The van der Waals surface area contributed by atoms with Gasteiger partial charge in [0.2, 0.25) is 0 Å². The van der Waals surface area contributed by atoms with Crippen molar-refractivity contribution in [3.05, 3.63) is 74.0 Å². The Hall–Kier alpha value is -2.76. The second-order valence-corrected chi connectivity index (χ2v) is 8.59. The van der Waals surface area contributed by atoms with E-state index in [0.717, 1.165) is 32.6 Å². The summed E-state index contributed by atoms with van der Waals surface area (Å²) >= 11 is 7.77. The number of thiazole rings is 1. The van der Waals surface area contributed by atoms with Crippen LogP contribution in [0.25, 0.3) is 38.0 Å². The number of fused-ring (bicyclic) bond motifs is 4. The SMILES string of the molecule is Cc1ccc(-c2c(C)sc3nc4c(cnc5c(C)c(Cl)ccc54)c(=O)n23)cc1. The molecule has 2 aromatic carbocycles. The lowest BCUT2D eigenvalue weighted by atomic mass is 10.1. The van der Waals surface area contributed by atoms with Gasteiger partial charge in [0.15, 0.2) is 4.96 Å². The number of aromatic nitrogens is 3. The predicted molar refractivity (Wildman–Crippen MR) is 117 cm³/mol. The fraction of sp³-hybridized carbons (Fsp3) is 0.136. The highest BCUT2D eigenvalue weighted by atomic mass is 35.5. The number of rotatable bonds is 1. The zero-order valence-corrected chi connectivity index (χ0v) is 17.1. The summed E-state index contributed by atoms with van der Waals surface area (Å²) < 4.78 is 1.71. The Morgan fingerprint density at radius 1 is 0.964 bits per heavy atom. The first-order valence-electron chi connectivity index (χ1n) is 8.92. The van der Waals surface area contributed by atoms with Gasteiger partial charge in [-0.25, -0.2) is 4.98 Å². The van der Waals surface area contributed by atoms with Crippen LogP contribution in [0.3, 0.4) is 0 Å². The number of nitrogens with zero attached hydrogens (tertiary/aromatic N) is 3. The number of halogens is 1. The monoisotopic (exact) mass is 405 g/mol. The minimum Gasteiger partial charge on any atom is -0.268 e. The Morgan fingerprint density at radius 3 is 2.46 bits per heavy atom. The maximum absolute atomic E-state index is 13.4. The van der Waals surface area contributed by atoms with Crippen molar-refractivity contribution in [3.8, 4) is 11.3 Å². The Labute approximate surface area is 170 Å². The van der Waals surface area contributed by atoms with Crippen LogP contribution in [0.15, 0.2) is 47.4 Å². The number of pyridine rings is 1. The lowest BCUT2D eigenvalue weighted by Crippen LogP contribution is -2.15. The van der Waals surface area contributed by atoms with Gasteiger partial charge < -0.3 is 0 Å². The normalized spacial score (nSPS) is 11.7. The molecule has 0 saturated carbocycles. The van der Waals surface area contributed by atoms with Crippen LogP contribution in [0.5, 0.6) is 0 Å². The fourth-order valence-electron chi connectivity index (χ4n) is 3.65. The molecule has 0 bridgehead atoms. The Morgan fingerprint density at radius 2 is 1.71 bits per heavy atom. The van der Waals surface area contributed by atoms with Crippen molar-refractivity contribution in [3.63, 3.8) is 0 Å². The van der Waals surface area contributed by atoms with Gasteiger partial charge in [-0.1, -0.05) is 41.4 Å². The summed E-state index contributed by atoms with van der Waals surface area (Å²) in [7, 11) is 0. The van der Waals surface area contributed by atoms with E-state index in [-0.39, 0.29) is 5.56 Å². The smallest absolute Gasteiger partial charge is 0.268 e. The molecule has 0 atom stereocenters. The highest BCUT2D eigenvalue weighted by Crippen LogP contribution is 2.32. The van der Waals surface area contributed by atoms with E-state index in [9.17, 15) is 4.79 Å². The van der Waals surface area contributed by atoms with Crippen LogP contribution in [0.4, 0.5) is 0 Å². The van der Waals surface area contributed by atoms with Gasteiger partial charge in [-0.05, 0) is 44.0 Å². The van der Waals surface area contributed by atoms with E-state index < -0.39 is 0 Å². The zero-order chi connectivity index (χ0) is 19.6. The molecule has 4 nitrogen and oxygen atoms in total. The van der Waals surface area contributed by atoms with Gasteiger partial charge in [0.05, 0.1) is 22.1 Å². The molecule has 0 unspecified atom stereocenters. The minimum absolute atomic E-state index is 0.0954. The van der Waals surface area contributed by atoms with Gasteiger partial charge in [-0.15, -0.1) is 11.3 Å². The quantitative estimate of drug-likeness (QED) is 0.336. The molecule has 3 heterocycles. The summed E-state index contributed by atoms with van der Waals surface area (Å²) in [5.74, 6) is 0. The molecule has 3 aromatic heterocycles. The number of hydrogen-bond acceptors (Lipinski definition) is 4. The van der Waals surface area contributed by atoms with Gasteiger partial charge in [0.1, 0.15) is 0 Å².